The first-order valence-corrected chi connectivity index (χ1v) is 7.30. The normalized spacial score (nSPS) is 12.7. The van der Waals surface area contributed by atoms with Gasteiger partial charge in [-0.05, 0) is 48.4 Å². The molecule has 0 fully saturated rings. The Hall–Kier alpha value is -1.12. The van der Waals surface area contributed by atoms with Crippen LogP contribution in [0.25, 0.3) is 0 Å². The molecule has 2 heteroatoms. The summed E-state index contributed by atoms with van der Waals surface area (Å²) in [5.74, 6) is 0. The van der Waals surface area contributed by atoms with Gasteiger partial charge in [-0.25, -0.2) is 0 Å². The van der Waals surface area contributed by atoms with E-state index in [1.54, 1.807) is 11.3 Å². The SMILES string of the molecule is CCc1ccsc1C(O)Cc1cc(C)ccc1C. The zero-order valence-electron chi connectivity index (χ0n) is 11.2. The molecule has 18 heavy (non-hydrogen) atoms. The number of hydrogen-bond donors (Lipinski definition) is 1. The molecule has 1 heterocycles. The number of benzene rings is 1. The molecule has 1 atom stereocenters. The highest BCUT2D eigenvalue weighted by atomic mass is 32.1. The Bertz CT molecular complexity index is 528. The fraction of sp³-hybridized carbons (Fsp3) is 0.375. The minimum absolute atomic E-state index is 0.375. The summed E-state index contributed by atoms with van der Waals surface area (Å²) in [5, 5.41) is 12.5. The van der Waals surface area contributed by atoms with Gasteiger partial charge >= 0.3 is 0 Å². The summed E-state index contributed by atoms with van der Waals surface area (Å²) in [6, 6.07) is 8.55. The van der Waals surface area contributed by atoms with Crippen LogP contribution in [0.4, 0.5) is 0 Å². The summed E-state index contributed by atoms with van der Waals surface area (Å²) < 4.78 is 0. The molecule has 1 aromatic carbocycles. The lowest BCUT2D eigenvalue weighted by molar-refractivity contribution is 0.181. The largest absolute Gasteiger partial charge is 0.387 e. The Balaban J connectivity index is 2.21. The number of rotatable bonds is 4. The summed E-state index contributed by atoms with van der Waals surface area (Å²) in [4.78, 5) is 1.12. The summed E-state index contributed by atoms with van der Waals surface area (Å²) >= 11 is 1.66. The second kappa shape index (κ2) is 5.68. The van der Waals surface area contributed by atoms with Crippen LogP contribution in [-0.2, 0) is 12.8 Å². The van der Waals surface area contributed by atoms with E-state index in [1.165, 1.54) is 22.3 Å². The van der Waals surface area contributed by atoms with Crippen LogP contribution in [0.2, 0.25) is 0 Å². The minimum Gasteiger partial charge on any atom is -0.387 e. The Morgan fingerprint density at radius 3 is 2.67 bits per heavy atom. The van der Waals surface area contributed by atoms with E-state index in [0.29, 0.717) is 6.42 Å². The van der Waals surface area contributed by atoms with Gasteiger partial charge in [0.05, 0.1) is 6.10 Å². The molecule has 0 amide bonds. The molecule has 0 spiro atoms. The predicted octanol–water partition coefficient (Wildman–Crippen LogP) is 4.20. The highest BCUT2D eigenvalue weighted by Gasteiger charge is 2.14. The van der Waals surface area contributed by atoms with Crippen LogP contribution in [0.1, 0.15) is 40.2 Å². The van der Waals surface area contributed by atoms with Crippen LogP contribution in [0.3, 0.4) is 0 Å². The maximum Gasteiger partial charge on any atom is 0.0925 e. The Morgan fingerprint density at radius 2 is 1.94 bits per heavy atom. The third-order valence-electron chi connectivity index (χ3n) is 3.38. The van der Waals surface area contributed by atoms with Crippen LogP contribution in [0, 0.1) is 13.8 Å². The third kappa shape index (κ3) is 2.82. The molecule has 2 aromatic rings. The maximum atomic E-state index is 10.4. The van der Waals surface area contributed by atoms with Gasteiger partial charge in [0.15, 0.2) is 0 Å². The zero-order chi connectivity index (χ0) is 13.1. The average Bonchev–Trinajstić information content (AvgIpc) is 2.82. The van der Waals surface area contributed by atoms with Crippen molar-refractivity contribution < 1.29 is 5.11 Å². The van der Waals surface area contributed by atoms with Gasteiger partial charge in [0.25, 0.3) is 0 Å². The average molecular weight is 260 g/mol. The van der Waals surface area contributed by atoms with E-state index in [1.807, 2.05) is 0 Å². The molecule has 1 N–H and O–H groups in total. The van der Waals surface area contributed by atoms with Gasteiger partial charge in [-0.3, -0.25) is 0 Å². The highest BCUT2D eigenvalue weighted by Crippen LogP contribution is 2.28. The van der Waals surface area contributed by atoms with Crippen LogP contribution in [0.5, 0.6) is 0 Å². The fourth-order valence-corrected chi connectivity index (χ4v) is 3.24. The van der Waals surface area contributed by atoms with Crippen molar-refractivity contribution in [3.05, 3.63) is 56.8 Å². The van der Waals surface area contributed by atoms with Gasteiger partial charge in [-0.15, -0.1) is 11.3 Å². The molecule has 0 saturated carbocycles. The van der Waals surface area contributed by atoms with Gasteiger partial charge < -0.3 is 5.11 Å². The number of aliphatic hydroxyl groups excluding tert-OH is 1. The van der Waals surface area contributed by atoms with Gasteiger partial charge in [-0.1, -0.05) is 30.7 Å². The fourth-order valence-electron chi connectivity index (χ4n) is 2.25. The van der Waals surface area contributed by atoms with E-state index in [-0.39, 0.29) is 6.10 Å². The van der Waals surface area contributed by atoms with Gasteiger partial charge in [0.2, 0.25) is 0 Å². The maximum absolute atomic E-state index is 10.4. The van der Waals surface area contributed by atoms with Crippen molar-refractivity contribution in [3.8, 4) is 0 Å². The Labute approximate surface area is 113 Å². The van der Waals surface area contributed by atoms with Crippen molar-refractivity contribution in [2.24, 2.45) is 0 Å². The van der Waals surface area contributed by atoms with Gasteiger partial charge in [0, 0.05) is 11.3 Å². The lowest BCUT2D eigenvalue weighted by atomic mass is 9.98. The second-order valence-corrected chi connectivity index (χ2v) is 5.76. The van der Waals surface area contributed by atoms with E-state index < -0.39 is 0 Å². The van der Waals surface area contributed by atoms with Crippen molar-refractivity contribution in [1.29, 1.82) is 0 Å². The van der Waals surface area contributed by atoms with Crippen molar-refractivity contribution >= 4 is 11.3 Å². The summed E-state index contributed by atoms with van der Waals surface area (Å²) in [6.07, 6.45) is 1.32. The van der Waals surface area contributed by atoms with Gasteiger partial charge in [-0.2, -0.15) is 0 Å². The zero-order valence-corrected chi connectivity index (χ0v) is 12.1. The molecule has 0 bridgehead atoms. The van der Waals surface area contributed by atoms with Crippen LogP contribution in [-0.4, -0.2) is 5.11 Å². The van der Waals surface area contributed by atoms with Crippen molar-refractivity contribution in [3.63, 3.8) is 0 Å². The van der Waals surface area contributed by atoms with Crippen LogP contribution < -0.4 is 0 Å². The lowest BCUT2D eigenvalue weighted by Gasteiger charge is -2.13. The molecule has 1 nitrogen and oxygen atoms in total. The molecule has 96 valence electrons. The summed E-state index contributed by atoms with van der Waals surface area (Å²) in [5.41, 5.74) is 5.04. The molecule has 2 rings (SSSR count). The molecule has 0 aliphatic heterocycles. The van der Waals surface area contributed by atoms with Crippen molar-refractivity contribution in [2.45, 2.75) is 39.7 Å². The minimum atomic E-state index is -0.375. The molecule has 0 aliphatic rings. The second-order valence-electron chi connectivity index (χ2n) is 4.81. The van der Waals surface area contributed by atoms with Crippen LogP contribution >= 0.6 is 11.3 Å². The first-order valence-electron chi connectivity index (χ1n) is 6.42. The lowest BCUT2D eigenvalue weighted by Crippen LogP contribution is -2.03. The van der Waals surface area contributed by atoms with E-state index >= 15 is 0 Å². The molecular weight excluding hydrogens is 240 g/mol. The smallest absolute Gasteiger partial charge is 0.0925 e. The third-order valence-corrected chi connectivity index (χ3v) is 4.44. The molecule has 1 unspecified atom stereocenters. The first-order chi connectivity index (χ1) is 8.61. The van der Waals surface area contributed by atoms with E-state index in [4.69, 9.17) is 0 Å². The Kier molecular flexibility index (Phi) is 4.20. The molecule has 0 saturated heterocycles. The quantitative estimate of drug-likeness (QED) is 0.873. The van der Waals surface area contributed by atoms with Crippen molar-refractivity contribution in [2.75, 3.05) is 0 Å². The molecule has 1 aromatic heterocycles. The highest BCUT2D eigenvalue weighted by molar-refractivity contribution is 7.10. The number of thiophene rings is 1. The summed E-state index contributed by atoms with van der Waals surface area (Å²) in [6.45, 7) is 6.34. The predicted molar refractivity (Wildman–Crippen MR) is 78.3 cm³/mol. The molecular formula is C16H20OS. The monoisotopic (exact) mass is 260 g/mol. The molecule has 0 aliphatic carbocycles. The topological polar surface area (TPSA) is 20.2 Å². The Morgan fingerprint density at radius 1 is 1.17 bits per heavy atom. The first kappa shape index (κ1) is 13.3. The van der Waals surface area contributed by atoms with Crippen LogP contribution in [0.15, 0.2) is 29.6 Å². The van der Waals surface area contributed by atoms with E-state index in [9.17, 15) is 5.11 Å². The number of aryl methyl sites for hydroxylation is 3. The standard InChI is InChI=1S/C16H20OS/c1-4-13-7-8-18-16(13)15(17)10-14-9-11(2)5-6-12(14)3/h5-9,15,17H,4,10H2,1-3H3. The number of aliphatic hydroxyl groups is 1. The van der Waals surface area contributed by atoms with E-state index in [2.05, 4.69) is 50.4 Å². The number of hydrogen-bond acceptors (Lipinski definition) is 2. The van der Waals surface area contributed by atoms with Crippen molar-refractivity contribution in [1.82, 2.24) is 0 Å². The van der Waals surface area contributed by atoms with E-state index in [0.717, 1.165) is 11.3 Å². The van der Waals surface area contributed by atoms with Gasteiger partial charge in [0.1, 0.15) is 0 Å². The summed E-state index contributed by atoms with van der Waals surface area (Å²) in [7, 11) is 0. The molecule has 0 radical (unpaired) electrons.